The lowest BCUT2D eigenvalue weighted by atomic mass is 9.99. The Bertz CT molecular complexity index is 730. The normalized spacial score (nSPS) is 17.6. The van der Waals surface area contributed by atoms with Crippen molar-refractivity contribution in [3.63, 3.8) is 0 Å². The third-order valence-electron chi connectivity index (χ3n) is 4.10. The van der Waals surface area contributed by atoms with Gasteiger partial charge in [0.15, 0.2) is 11.5 Å². The van der Waals surface area contributed by atoms with Crippen molar-refractivity contribution in [1.29, 1.82) is 0 Å². The molecule has 0 amide bonds. The summed E-state index contributed by atoms with van der Waals surface area (Å²) in [7, 11) is 3.13. The van der Waals surface area contributed by atoms with Crippen LogP contribution in [0.5, 0.6) is 11.5 Å². The Hall–Kier alpha value is -2.77. The van der Waals surface area contributed by atoms with Gasteiger partial charge in [-0.3, -0.25) is 4.79 Å². The number of benzene rings is 1. The van der Waals surface area contributed by atoms with Crippen LogP contribution in [0.2, 0.25) is 0 Å². The van der Waals surface area contributed by atoms with E-state index in [-0.39, 0.29) is 0 Å². The third-order valence-corrected chi connectivity index (χ3v) is 4.10. The van der Waals surface area contributed by atoms with Gasteiger partial charge in [-0.1, -0.05) is 5.16 Å². The minimum absolute atomic E-state index is 0.339. The Morgan fingerprint density at radius 1 is 1.33 bits per heavy atom. The molecule has 1 saturated heterocycles. The molecule has 1 aliphatic heterocycles. The lowest BCUT2D eigenvalue weighted by molar-refractivity contribution is -0.141. The van der Waals surface area contributed by atoms with Crippen molar-refractivity contribution >= 4 is 12.0 Å². The summed E-state index contributed by atoms with van der Waals surface area (Å²) in [6, 6.07) is 5.69. The van der Waals surface area contributed by atoms with Crippen LogP contribution in [-0.2, 0) is 4.79 Å². The molecule has 0 saturated carbocycles. The number of aromatic nitrogens is 2. The molecule has 128 valence electrons. The van der Waals surface area contributed by atoms with Gasteiger partial charge in [0.05, 0.1) is 20.1 Å². The molecule has 0 spiro atoms. The molecule has 1 unspecified atom stereocenters. The quantitative estimate of drug-likeness (QED) is 0.888. The molecule has 24 heavy (non-hydrogen) atoms. The van der Waals surface area contributed by atoms with Crippen molar-refractivity contribution in [3.8, 4) is 22.9 Å². The van der Waals surface area contributed by atoms with Crippen LogP contribution >= 0.6 is 0 Å². The zero-order valence-electron chi connectivity index (χ0n) is 13.6. The summed E-state index contributed by atoms with van der Waals surface area (Å²) in [6.45, 7) is 1.08. The van der Waals surface area contributed by atoms with E-state index in [9.17, 15) is 9.90 Å². The molecular weight excluding hydrogens is 314 g/mol. The number of carboxylic acids is 1. The molecule has 1 fully saturated rings. The molecular formula is C16H19N3O5. The van der Waals surface area contributed by atoms with E-state index >= 15 is 0 Å². The van der Waals surface area contributed by atoms with E-state index in [1.807, 2.05) is 11.0 Å². The average molecular weight is 333 g/mol. The van der Waals surface area contributed by atoms with Crippen LogP contribution in [-0.4, -0.2) is 48.5 Å². The van der Waals surface area contributed by atoms with E-state index in [2.05, 4.69) is 10.1 Å². The predicted octanol–water partition coefficient (Wildman–Crippen LogP) is 2.05. The van der Waals surface area contributed by atoms with Crippen molar-refractivity contribution in [2.45, 2.75) is 12.8 Å². The first-order chi connectivity index (χ1) is 11.6. The van der Waals surface area contributed by atoms with Crippen molar-refractivity contribution < 1.29 is 23.9 Å². The lowest BCUT2D eigenvalue weighted by Crippen LogP contribution is -2.38. The van der Waals surface area contributed by atoms with E-state index < -0.39 is 11.9 Å². The standard InChI is InChI=1S/C16H19N3O5/c1-22-12-6-5-10(8-13(12)23-2)14-17-16(24-18-14)19-7-3-4-11(9-19)15(20)21/h5-6,8,11H,3-4,7,9H2,1-2H3,(H,20,21). The summed E-state index contributed by atoms with van der Waals surface area (Å²) >= 11 is 0. The number of piperidine rings is 1. The first-order valence-electron chi connectivity index (χ1n) is 7.66. The number of hydrogen-bond donors (Lipinski definition) is 1. The monoisotopic (exact) mass is 333 g/mol. The van der Waals surface area contributed by atoms with Gasteiger partial charge >= 0.3 is 12.0 Å². The molecule has 1 N–H and O–H groups in total. The molecule has 3 rings (SSSR count). The fourth-order valence-corrected chi connectivity index (χ4v) is 2.79. The molecule has 2 aromatic rings. The van der Waals surface area contributed by atoms with Crippen molar-refractivity contribution in [2.75, 3.05) is 32.2 Å². The highest BCUT2D eigenvalue weighted by Gasteiger charge is 2.28. The molecule has 0 radical (unpaired) electrons. The van der Waals surface area contributed by atoms with Gasteiger partial charge in [-0.15, -0.1) is 0 Å². The third kappa shape index (κ3) is 3.12. The highest BCUT2D eigenvalue weighted by Crippen LogP contribution is 2.32. The predicted molar refractivity (Wildman–Crippen MR) is 85.4 cm³/mol. The molecule has 1 aliphatic rings. The largest absolute Gasteiger partial charge is 0.493 e. The number of rotatable bonds is 5. The maximum atomic E-state index is 11.2. The van der Waals surface area contributed by atoms with Gasteiger partial charge in [-0.2, -0.15) is 4.98 Å². The second-order valence-corrected chi connectivity index (χ2v) is 5.59. The van der Waals surface area contributed by atoms with Crippen LogP contribution in [0.25, 0.3) is 11.4 Å². The van der Waals surface area contributed by atoms with Gasteiger partial charge in [-0.05, 0) is 31.0 Å². The fraction of sp³-hybridized carbons (Fsp3) is 0.438. The Kier molecular flexibility index (Phi) is 4.54. The van der Waals surface area contributed by atoms with Gasteiger partial charge in [0, 0.05) is 18.7 Å². The molecule has 1 aromatic heterocycles. The average Bonchev–Trinajstić information content (AvgIpc) is 3.11. The lowest BCUT2D eigenvalue weighted by Gasteiger charge is -2.28. The van der Waals surface area contributed by atoms with Crippen LogP contribution in [0.4, 0.5) is 6.01 Å². The number of carboxylic acid groups (broad SMARTS) is 1. The molecule has 0 bridgehead atoms. The van der Waals surface area contributed by atoms with Crippen LogP contribution in [0.15, 0.2) is 22.7 Å². The van der Waals surface area contributed by atoms with Gasteiger partial charge in [0.2, 0.25) is 5.82 Å². The van der Waals surface area contributed by atoms with E-state index in [1.165, 1.54) is 0 Å². The van der Waals surface area contributed by atoms with E-state index in [0.29, 0.717) is 42.8 Å². The van der Waals surface area contributed by atoms with Crippen LogP contribution in [0.3, 0.4) is 0 Å². The fourth-order valence-electron chi connectivity index (χ4n) is 2.79. The maximum Gasteiger partial charge on any atom is 0.324 e. The number of hydrogen-bond acceptors (Lipinski definition) is 7. The van der Waals surface area contributed by atoms with Gasteiger partial charge in [-0.25, -0.2) is 0 Å². The van der Waals surface area contributed by atoms with Gasteiger partial charge in [0.1, 0.15) is 0 Å². The number of aliphatic carboxylic acids is 1. The highest BCUT2D eigenvalue weighted by molar-refractivity contribution is 5.71. The summed E-state index contributed by atoms with van der Waals surface area (Å²) in [6.07, 6.45) is 1.45. The molecule has 8 nitrogen and oxygen atoms in total. The zero-order chi connectivity index (χ0) is 17.1. The maximum absolute atomic E-state index is 11.2. The first-order valence-corrected chi connectivity index (χ1v) is 7.66. The summed E-state index contributed by atoms with van der Waals surface area (Å²) in [5.74, 6) is 0.411. The van der Waals surface area contributed by atoms with Gasteiger partial charge < -0.3 is 24.0 Å². The summed E-state index contributed by atoms with van der Waals surface area (Å²) in [4.78, 5) is 17.4. The number of anilines is 1. The minimum Gasteiger partial charge on any atom is -0.493 e. The first kappa shape index (κ1) is 16.1. The molecule has 1 atom stereocenters. The minimum atomic E-state index is -0.792. The number of nitrogens with zero attached hydrogens (tertiary/aromatic N) is 3. The number of carbonyl (C=O) groups is 1. The Balaban J connectivity index is 1.81. The van der Waals surface area contributed by atoms with E-state index in [0.717, 1.165) is 12.0 Å². The second kappa shape index (κ2) is 6.77. The molecule has 8 heteroatoms. The summed E-state index contributed by atoms with van der Waals surface area (Å²) < 4.78 is 15.8. The number of methoxy groups -OCH3 is 2. The molecule has 2 heterocycles. The summed E-state index contributed by atoms with van der Waals surface area (Å²) in [5, 5.41) is 13.2. The number of ether oxygens (including phenoxy) is 2. The smallest absolute Gasteiger partial charge is 0.324 e. The zero-order valence-corrected chi connectivity index (χ0v) is 13.6. The van der Waals surface area contributed by atoms with Crippen LogP contribution in [0, 0.1) is 5.92 Å². The second-order valence-electron chi connectivity index (χ2n) is 5.59. The van der Waals surface area contributed by atoms with Crippen molar-refractivity contribution in [1.82, 2.24) is 10.1 Å². The SMILES string of the molecule is COc1ccc(-c2noc(N3CCCC(C(=O)O)C3)n2)cc1OC. The van der Waals surface area contributed by atoms with Crippen LogP contribution < -0.4 is 14.4 Å². The van der Waals surface area contributed by atoms with Crippen LogP contribution in [0.1, 0.15) is 12.8 Å². The molecule has 1 aromatic carbocycles. The van der Waals surface area contributed by atoms with E-state index in [1.54, 1.807) is 26.4 Å². The topological polar surface area (TPSA) is 97.9 Å². The Morgan fingerprint density at radius 2 is 2.12 bits per heavy atom. The highest BCUT2D eigenvalue weighted by atomic mass is 16.5. The molecule has 0 aliphatic carbocycles. The van der Waals surface area contributed by atoms with Crippen molar-refractivity contribution in [3.05, 3.63) is 18.2 Å². The Morgan fingerprint density at radius 3 is 2.83 bits per heavy atom. The van der Waals surface area contributed by atoms with Crippen molar-refractivity contribution in [2.24, 2.45) is 5.92 Å². The Labute approximate surface area is 139 Å². The van der Waals surface area contributed by atoms with E-state index in [4.69, 9.17) is 14.0 Å². The summed E-state index contributed by atoms with van der Waals surface area (Å²) in [5.41, 5.74) is 0.731. The van der Waals surface area contributed by atoms with Gasteiger partial charge in [0.25, 0.3) is 0 Å².